The molecule has 0 bridgehead atoms. The molecule has 0 aliphatic rings. The molecule has 17 heavy (non-hydrogen) atoms. The van der Waals surface area contributed by atoms with Gasteiger partial charge in [-0.25, -0.2) is 4.39 Å². The van der Waals surface area contributed by atoms with E-state index in [0.29, 0.717) is 17.9 Å². The lowest BCUT2D eigenvalue weighted by molar-refractivity contribution is 0.392. The molecule has 0 saturated heterocycles. The first-order valence-corrected chi connectivity index (χ1v) is 5.28. The molecule has 0 spiro atoms. The van der Waals surface area contributed by atoms with Crippen molar-refractivity contribution in [3.05, 3.63) is 41.0 Å². The number of halogens is 1. The van der Waals surface area contributed by atoms with Gasteiger partial charge < -0.3 is 15.6 Å². The van der Waals surface area contributed by atoms with Crippen LogP contribution in [0.15, 0.2) is 22.7 Å². The summed E-state index contributed by atoms with van der Waals surface area (Å²) < 4.78 is 18.5. The van der Waals surface area contributed by atoms with Crippen LogP contribution in [0.5, 0.6) is 0 Å². The molecule has 0 atom stereocenters. The molecule has 0 saturated carbocycles. The topological polar surface area (TPSA) is 64.1 Å². The van der Waals surface area contributed by atoms with Gasteiger partial charge >= 0.3 is 0 Å². The number of aromatic nitrogens is 1. The van der Waals surface area contributed by atoms with E-state index < -0.39 is 0 Å². The number of rotatable bonds is 3. The van der Waals surface area contributed by atoms with Crippen molar-refractivity contribution in [3.8, 4) is 0 Å². The highest BCUT2D eigenvalue weighted by atomic mass is 19.1. The average molecular weight is 235 g/mol. The second kappa shape index (κ2) is 4.45. The quantitative estimate of drug-likeness (QED) is 0.803. The van der Waals surface area contributed by atoms with E-state index in [0.717, 1.165) is 17.0 Å². The minimum atomic E-state index is -0.364. The number of aryl methyl sites for hydroxylation is 2. The van der Waals surface area contributed by atoms with Gasteiger partial charge in [0.15, 0.2) is 0 Å². The van der Waals surface area contributed by atoms with E-state index in [4.69, 9.17) is 10.3 Å². The fourth-order valence-corrected chi connectivity index (χ4v) is 1.61. The van der Waals surface area contributed by atoms with Crippen molar-refractivity contribution in [2.24, 2.45) is 0 Å². The Morgan fingerprint density at radius 2 is 2.18 bits per heavy atom. The van der Waals surface area contributed by atoms with Crippen molar-refractivity contribution in [1.29, 1.82) is 0 Å². The molecular weight excluding hydrogens is 221 g/mol. The van der Waals surface area contributed by atoms with Crippen LogP contribution in [-0.2, 0) is 6.54 Å². The summed E-state index contributed by atoms with van der Waals surface area (Å²) in [5.41, 5.74) is 8.05. The summed E-state index contributed by atoms with van der Waals surface area (Å²) in [7, 11) is 0. The van der Waals surface area contributed by atoms with Gasteiger partial charge in [-0.2, -0.15) is 0 Å². The van der Waals surface area contributed by atoms with Gasteiger partial charge in [-0.1, -0.05) is 5.16 Å². The van der Waals surface area contributed by atoms with E-state index in [-0.39, 0.29) is 5.82 Å². The maximum Gasteiger partial charge on any atom is 0.148 e. The Morgan fingerprint density at radius 3 is 2.76 bits per heavy atom. The van der Waals surface area contributed by atoms with Gasteiger partial charge in [0, 0.05) is 17.8 Å². The Bertz CT molecular complexity index is 517. The molecule has 3 N–H and O–H groups in total. The highest BCUT2D eigenvalue weighted by Crippen LogP contribution is 2.19. The normalized spacial score (nSPS) is 10.5. The Morgan fingerprint density at radius 1 is 1.41 bits per heavy atom. The Kier molecular flexibility index (Phi) is 2.99. The molecule has 5 heteroatoms. The van der Waals surface area contributed by atoms with Crippen LogP contribution < -0.4 is 11.1 Å². The molecule has 90 valence electrons. The number of hydrogen-bond acceptors (Lipinski definition) is 4. The number of nitrogens with zero attached hydrogens (tertiary/aromatic N) is 1. The summed E-state index contributed by atoms with van der Waals surface area (Å²) in [6.45, 7) is 4.16. The van der Waals surface area contributed by atoms with Crippen molar-refractivity contribution in [3.63, 3.8) is 0 Å². The number of anilines is 2. The average Bonchev–Trinajstić information content (AvgIpc) is 2.58. The first kappa shape index (κ1) is 11.4. The summed E-state index contributed by atoms with van der Waals surface area (Å²) in [6, 6.07) is 4.55. The van der Waals surface area contributed by atoms with Crippen LogP contribution in [0.2, 0.25) is 0 Å². The molecule has 4 nitrogen and oxygen atoms in total. The molecule has 2 aromatic rings. The third-order valence-corrected chi connectivity index (χ3v) is 2.63. The van der Waals surface area contributed by atoms with Gasteiger partial charge in [0.25, 0.3) is 0 Å². The molecular formula is C12H14FN3O. The van der Waals surface area contributed by atoms with Crippen molar-refractivity contribution in [2.45, 2.75) is 20.4 Å². The van der Waals surface area contributed by atoms with Crippen LogP contribution in [0.3, 0.4) is 0 Å². The highest BCUT2D eigenvalue weighted by Gasteiger charge is 2.09. The lowest BCUT2D eigenvalue weighted by Gasteiger charge is -2.07. The van der Waals surface area contributed by atoms with Crippen LogP contribution >= 0.6 is 0 Å². The second-order valence-electron chi connectivity index (χ2n) is 3.90. The number of nitrogens with one attached hydrogen (secondary N) is 1. The smallest absolute Gasteiger partial charge is 0.148 e. The van der Waals surface area contributed by atoms with Crippen molar-refractivity contribution in [2.75, 3.05) is 11.1 Å². The molecule has 0 amide bonds. The van der Waals surface area contributed by atoms with Crippen LogP contribution in [0.25, 0.3) is 0 Å². The molecule has 1 aromatic heterocycles. The van der Waals surface area contributed by atoms with Gasteiger partial charge in [0.2, 0.25) is 0 Å². The third-order valence-electron chi connectivity index (χ3n) is 2.63. The van der Waals surface area contributed by atoms with Gasteiger partial charge in [-0.15, -0.1) is 0 Å². The van der Waals surface area contributed by atoms with Crippen LogP contribution in [0.4, 0.5) is 15.8 Å². The Balaban J connectivity index is 2.13. The van der Waals surface area contributed by atoms with Gasteiger partial charge in [0.1, 0.15) is 11.6 Å². The Hall–Kier alpha value is -2.04. The van der Waals surface area contributed by atoms with E-state index in [9.17, 15) is 4.39 Å². The van der Waals surface area contributed by atoms with Crippen LogP contribution in [0.1, 0.15) is 17.0 Å². The SMILES string of the molecule is Cc1noc(C)c1CNc1ccc(N)cc1F. The summed E-state index contributed by atoms with van der Waals surface area (Å²) in [5, 5.41) is 6.83. The molecule has 1 heterocycles. The summed E-state index contributed by atoms with van der Waals surface area (Å²) in [4.78, 5) is 0. The summed E-state index contributed by atoms with van der Waals surface area (Å²) in [5.74, 6) is 0.377. The van der Waals surface area contributed by atoms with Crippen LogP contribution in [0, 0.1) is 19.7 Å². The second-order valence-corrected chi connectivity index (χ2v) is 3.90. The summed E-state index contributed by atoms with van der Waals surface area (Å²) >= 11 is 0. The van der Waals surface area contributed by atoms with Crippen molar-refractivity contribution < 1.29 is 8.91 Å². The monoisotopic (exact) mass is 235 g/mol. The molecule has 0 aliphatic carbocycles. The number of benzene rings is 1. The fourth-order valence-electron chi connectivity index (χ4n) is 1.61. The Labute approximate surface area is 98.6 Å². The van der Waals surface area contributed by atoms with E-state index in [1.807, 2.05) is 13.8 Å². The predicted octanol–water partition coefficient (Wildman–Crippen LogP) is 2.62. The molecule has 0 aliphatic heterocycles. The highest BCUT2D eigenvalue weighted by molar-refractivity contribution is 5.53. The van der Waals surface area contributed by atoms with E-state index in [1.54, 1.807) is 12.1 Å². The number of hydrogen-bond donors (Lipinski definition) is 2. The van der Waals surface area contributed by atoms with Gasteiger partial charge in [-0.3, -0.25) is 0 Å². The molecule has 0 unspecified atom stereocenters. The van der Waals surface area contributed by atoms with Crippen molar-refractivity contribution in [1.82, 2.24) is 5.16 Å². The maximum atomic E-state index is 13.5. The maximum absolute atomic E-state index is 13.5. The van der Waals surface area contributed by atoms with Crippen molar-refractivity contribution >= 4 is 11.4 Å². The van der Waals surface area contributed by atoms with Crippen LogP contribution in [-0.4, -0.2) is 5.16 Å². The lowest BCUT2D eigenvalue weighted by Crippen LogP contribution is -2.03. The third kappa shape index (κ3) is 2.38. The standard InChI is InChI=1S/C12H14FN3O/c1-7-10(8(2)17-16-7)6-15-12-4-3-9(14)5-11(12)13/h3-5,15H,6,14H2,1-2H3. The largest absolute Gasteiger partial charge is 0.399 e. The van der Waals surface area contributed by atoms with E-state index >= 15 is 0 Å². The van der Waals surface area contributed by atoms with E-state index in [2.05, 4.69) is 10.5 Å². The zero-order valence-corrected chi connectivity index (χ0v) is 9.75. The fraction of sp³-hybridized carbons (Fsp3) is 0.250. The minimum absolute atomic E-state index is 0.364. The molecule has 2 rings (SSSR count). The minimum Gasteiger partial charge on any atom is -0.399 e. The van der Waals surface area contributed by atoms with Gasteiger partial charge in [-0.05, 0) is 32.0 Å². The molecule has 0 radical (unpaired) electrons. The zero-order chi connectivity index (χ0) is 12.4. The van der Waals surface area contributed by atoms with E-state index in [1.165, 1.54) is 6.07 Å². The lowest BCUT2D eigenvalue weighted by atomic mass is 10.2. The number of nitrogen functional groups attached to an aromatic ring is 1. The predicted molar refractivity (Wildman–Crippen MR) is 64.1 cm³/mol. The summed E-state index contributed by atoms with van der Waals surface area (Å²) in [6.07, 6.45) is 0. The molecule has 0 fully saturated rings. The van der Waals surface area contributed by atoms with Gasteiger partial charge in [0.05, 0.1) is 11.4 Å². The molecule has 1 aromatic carbocycles. The zero-order valence-electron chi connectivity index (χ0n) is 9.75. The first-order chi connectivity index (χ1) is 8.08. The number of nitrogens with two attached hydrogens (primary N) is 1. The first-order valence-electron chi connectivity index (χ1n) is 5.28.